The zero-order valence-electron chi connectivity index (χ0n) is 16.9. The molecule has 0 heterocycles. The predicted octanol–water partition coefficient (Wildman–Crippen LogP) is 2.45. The molecule has 0 spiro atoms. The molecule has 0 fully saturated rings. The Hall–Kier alpha value is -2.21. The summed E-state index contributed by atoms with van der Waals surface area (Å²) < 4.78 is 0. The van der Waals surface area contributed by atoms with Crippen molar-refractivity contribution in [3.63, 3.8) is 0 Å². The molecule has 1 aromatic carbocycles. The molecule has 0 aliphatic carbocycles. The SMILES string of the molecule is CCC(CCC(CC=O)NC=O)N(C)C(C)C(=O)N[C@@H](C)c1ccccc1. The van der Waals surface area contributed by atoms with E-state index < -0.39 is 0 Å². The molecule has 27 heavy (non-hydrogen) atoms. The monoisotopic (exact) mass is 375 g/mol. The molecule has 4 atom stereocenters. The molecule has 6 nitrogen and oxygen atoms in total. The lowest BCUT2D eigenvalue weighted by molar-refractivity contribution is -0.127. The Kier molecular flexibility index (Phi) is 10.3. The van der Waals surface area contributed by atoms with Crippen molar-refractivity contribution in [1.29, 1.82) is 0 Å². The van der Waals surface area contributed by atoms with Gasteiger partial charge in [-0.1, -0.05) is 37.3 Å². The van der Waals surface area contributed by atoms with E-state index in [9.17, 15) is 14.4 Å². The van der Waals surface area contributed by atoms with Gasteiger partial charge in [-0.2, -0.15) is 0 Å². The molecule has 0 aliphatic heterocycles. The standard InChI is InChI=1S/C21H33N3O3/c1-5-20(12-11-19(13-14-25)22-15-26)24(4)17(3)21(27)23-16(2)18-9-7-6-8-10-18/h6-10,14-17,19-20H,5,11-13H2,1-4H3,(H,22,26)(H,23,27)/t16-,17?,19?,20?/m0/s1. The number of likely N-dealkylation sites (N-methyl/N-ethyl adjacent to an activating group) is 1. The Labute approximate surface area is 162 Å². The molecule has 2 amide bonds. The normalized spacial score (nSPS) is 15.4. The van der Waals surface area contributed by atoms with Gasteiger partial charge in [0.15, 0.2) is 0 Å². The van der Waals surface area contributed by atoms with Crippen molar-refractivity contribution in [3.8, 4) is 0 Å². The first kappa shape index (κ1) is 22.8. The van der Waals surface area contributed by atoms with Gasteiger partial charge in [0.1, 0.15) is 6.29 Å². The maximum atomic E-state index is 12.7. The summed E-state index contributed by atoms with van der Waals surface area (Å²) in [4.78, 5) is 36.2. The minimum atomic E-state index is -0.273. The number of hydrogen-bond donors (Lipinski definition) is 2. The molecule has 2 N–H and O–H groups in total. The van der Waals surface area contributed by atoms with Crippen LogP contribution >= 0.6 is 0 Å². The molecule has 0 aromatic heterocycles. The van der Waals surface area contributed by atoms with E-state index in [4.69, 9.17) is 0 Å². The van der Waals surface area contributed by atoms with Crippen LogP contribution in [-0.4, -0.2) is 48.7 Å². The second kappa shape index (κ2) is 12.2. The minimum absolute atomic E-state index is 0.0113. The van der Waals surface area contributed by atoms with E-state index in [1.54, 1.807) is 0 Å². The zero-order chi connectivity index (χ0) is 20.2. The minimum Gasteiger partial charge on any atom is -0.356 e. The van der Waals surface area contributed by atoms with Gasteiger partial charge >= 0.3 is 0 Å². The molecule has 150 valence electrons. The lowest BCUT2D eigenvalue weighted by Crippen LogP contribution is -2.48. The Bertz CT molecular complexity index is 569. The van der Waals surface area contributed by atoms with Crippen LogP contribution in [0.25, 0.3) is 0 Å². The number of aldehydes is 1. The van der Waals surface area contributed by atoms with Gasteiger partial charge in [0.25, 0.3) is 0 Å². The van der Waals surface area contributed by atoms with Crippen molar-refractivity contribution >= 4 is 18.6 Å². The number of nitrogens with one attached hydrogen (secondary N) is 2. The Morgan fingerprint density at radius 3 is 2.37 bits per heavy atom. The lowest BCUT2D eigenvalue weighted by atomic mass is 10.00. The molecule has 6 heteroatoms. The van der Waals surface area contributed by atoms with Crippen LogP contribution in [0.4, 0.5) is 0 Å². The van der Waals surface area contributed by atoms with E-state index >= 15 is 0 Å². The second-order valence-electron chi connectivity index (χ2n) is 7.01. The molecule has 3 unspecified atom stereocenters. The first-order chi connectivity index (χ1) is 12.9. The zero-order valence-corrected chi connectivity index (χ0v) is 16.9. The van der Waals surface area contributed by atoms with Crippen molar-refractivity contribution in [2.45, 2.75) is 70.6 Å². The van der Waals surface area contributed by atoms with Crippen LogP contribution in [0.1, 0.15) is 58.1 Å². The third-order valence-corrected chi connectivity index (χ3v) is 5.23. The summed E-state index contributed by atoms with van der Waals surface area (Å²) in [6, 6.07) is 9.60. The van der Waals surface area contributed by atoms with Crippen molar-refractivity contribution in [2.75, 3.05) is 7.05 Å². The van der Waals surface area contributed by atoms with E-state index in [-0.39, 0.29) is 30.1 Å². The Balaban J connectivity index is 2.61. The molecule has 0 saturated heterocycles. The van der Waals surface area contributed by atoms with Crippen LogP contribution in [0.15, 0.2) is 30.3 Å². The van der Waals surface area contributed by atoms with Crippen LogP contribution < -0.4 is 10.6 Å². The van der Waals surface area contributed by atoms with E-state index in [2.05, 4.69) is 22.5 Å². The van der Waals surface area contributed by atoms with Gasteiger partial charge in [0.2, 0.25) is 12.3 Å². The fourth-order valence-corrected chi connectivity index (χ4v) is 3.23. The summed E-state index contributed by atoms with van der Waals surface area (Å²) in [5.41, 5.74) is 1.07. The van der Waals surface area contributed by atoms with Gasteiger partial charge in [0, 0.05) is 18.5 Å². The van der Waals surface area contributed by atoms with Crippen LogP contribution in [-0.2, 0) is 14.4 Å². The molecular weight excluding hydrogens is 342 g/mol. The van der Waals surface area contributed by atoms with E-state index in [0.29, 0.717) is 19.3 Å². The van der Waals surface area contributed by atoms with Crippen molar-refractivity contribution in [3.05, 3.63) is 35.9 Å². The average Bonchev–Trinajstić information content (AvgIpc) is 2.68. The molecular formula is C21H33N3O3. The third-order valence-electron chi connectivity index (χ3n) is 5.23. The molecule has 1 rings (SSSR count). The summed E-state index contributed by atoms with van der Waals surface area (Å²) in [7, 11) is 1.95. The maximum absolute atomic E-state index is 12.7. The summed E-state index contributed by atoms with van der Waals surface area (Å²) in [5, 5.41) is 5.76. The maximum Gasteiger partial charge on any atom is 0.237 e. The second-order valence-corrected chi connectivity index (χ2v) is 7.01. The summed E-state index contributed by atoms with van der Waals surface area (Å²) >= 11 is 0. The summed E-state index contributed by atoms with van der Waals surface area (Å²) in [5.74, 6) is -0.0113. The number of benzene rings is 1. The van der Waals surface area contributed by atoms with Crippen LogP contribution in [0.3, 0.4) is 0 Å². The molecule has 1 aromatic rings. The van der Waals surface area contributed by atoms with Crippen molar-refractivity contribution < 1.29 is 14.4 Å². The fourth-order valence-electron chi connectivity index (χ4n) is 3.23. The van der Waals surface area contributed by atoms with Crippen molar-refractivity contribution in [2.24, 2.45) is 0 Å². The first-order valence-electron chi connectivity index (χ1n) is 9.65. The molecule has 0 saturated carbocycles. The number of amides is 2. The van der Waals surface area contributed by atoms with Gasteiger partial charge in [-0.3, -0.25) is 14.5 Å². The number of hydrogen-bond acceptors (Lipinski definition) is 4. The highest BCUT2D eigenvalue weighted by molar-refractivity contribution is 5.81. The summed E-state index contributed by atoms with van der Waals surface area (Å²) in [6.07, 6.45) is 4.17. The van der Waals surface area contributed by atoms with Crippen LogP contribution in [0.2, 0.25) is 0 Å². The number of nitrogens with zero attached hydrogens (tertiary/aromatic N) is 1. The lowest BCUT2D eigenvalue weighted by Gasteiger charge is -2.33. The predicted molar refractivity (Wildman–Crippen MR) is 107 cm³/mol. The van der Waals surface area contributed by atoms with Gasteiger partial charge < -0.3 is 15.4 Å². The van der Waals surface area contributed by atoms with Gasteiger partial charge in [-0.15, -0.1) is 0 Å². The Morgan fingerprint density at radius 2 is 1.81 bits per heavy atom. The van der Waals surface area contributed by atoms with E-state index in [0.717, 1.165) is 24.7 Å². The third kappa shape index (κ3) is 7.51. The fraction of sp³-hybridized carbons (Fsp3) is 0.571. The van der Waals surface area contributed by atoms with Gasteiger partial charge in [0.05, 0.1) is 12.1 Å². The van der Waals surface area contributed by atoms with E-state index in [1.165, 1.54) is 0 Å². The largest absolute Gasteiger partial charge is 0.356 e. The molecule has 0 aliphatic rings. The van der Waals surface area contributed by atoms with Crippen LogP contribution in [0.5, 0.6) is 0 Å². The van der Waals surface area contributed by atoms with Crippen LogP contribution in [0, 0.1) is 0 Å². The molecule has 0 bridgehead atoms. The smallest absolute Gasteiger partial charge is 0.237 e. The number of rotatable bonds is 13. The topological polar surface area (TPSA) is 78.5 Å². The highest BCUT2D eigenvalue weighted by Crippen LogP contribution is 2.16. The van der Waals surface area contributed by atoms with Gasteiger partial charge in [-0.05, 0) is 45.7 Å². The quantitative estimate of drug-likeness (QED) is 0.519. The first-order valence-corrected chi connectivity index (χ1v) is 9.65. The van der Waals surface area contributed by atoms with Crippen molar-refractivity contribution in [1.82, 2.24) is 15.5 Å². The summed E-state index contributed by atoms with van der Waals surface area (Å²) in [6.45, 7) is 5.97. The average molecular weight is 376 g/mol. The van der Waals surface area contributed by atoms with Gasteiger partial charge in [-0.25, -0.2) is 0 Å². The Morgan fingerprint density at radius 1 is 1.15 bits per heavy atom. The number of carbonyl (C=O) groups excluding carboxylic acids is 3. The molecule has 0 radical (unpaired) electrons. The highest BCUT2D eigenvalue weighted by Gasteiger charge is 2.25. The number of carbonyl (C=O) groups is 3. The van der Waals surface area contributed by atoms with E-state index in [1.807, 2.05) is 51.2 Å². The highest BCUT2D eigenvalue weighted by atomic mass is 16.2.